The third-order valence-electron chi connectivity index (χ3n) is 4.14. The fourth-order valence-electron chi connectivity index (χ4n) is 2.69. The zero-order valence-electron chi connectivity index (χ0n) is 15.2. The Morgan fingerprint density at radius 1 is 1.07 bits per heavy atom. The number of carbonyl (C=O) groups excluding carboxylic acids is 1. The monoisotopic (exact) mass is 420 g/mol. The summed E-state index contributed by atoms with van der Waals surface area (Å²) in [6.45, 7) is 0.187. The minimum absolute atomic E-state index is 0.0600. The molecule has 0 spiro atoms. The Bertz CT molecular complexity index is 1050. The van der Waals surface area contributed by atoms with Crippen LogP contribution in [0.1, 0.15) is 12.2 Å². The molecule has 3 rings (SSSR count). The van der Waals surface area contributed by atoms with Crippen molar-refractivity contribution in [1.82, 2.24) is 9.55 Å². The molecule has 2 aromatic carbocycles. The average molecular weight is 421 g/mol. The van der Waals surface area contributed by atoms with Crippen molar-refractivity contribution >= 4 is 40.1 Å². The number of hydrogen-bond donors (Lipinski definition) is 0. The minimum atomic E-state index is -0.406. The van der Waals surface area contributed by atoms with Gasteiger partial charge in [0, 0.05) is 13.5 Å². The van der Waals surface area contributed by atoms with Crippen LogP contribution < -0.4 is 10.3 Å². The molecule has 0 saturated carbocycles. The SMILES string of the molecule is Cn1c(CCC(=O)OCCOc2c(Cl)cccc2Cl)nc2ccccc2c1=O. The molecule has 3 aromatic rings. The van der Waals surface area contributed by atoms with E-state index >= 15 is 0 Å². The van der Waals surface area contributed by atoms with Crippen LogP contribution in [0.4, 0.5) is 0 Å². The second-order valence-electron chi connectivity index (χ2n) is 6.03. The number of halogens is 2. The van der Waals surface area contributed by atoms with E-state index in [0.717, 1.165) is 0 Å². The van der Waals surface area contributed by atoms with Gasteiger partial charge in [0.15, 0.2) is 5.75 Å². The van der Waals surface area contributed by atoms with Crippen LogP contribution in [0, 0.1) is 0 Å². The molecule has 0 unspecified atom stereocenters. The first-order chi connectivity index (χ1) is 13.5. The number of carbonyl (C=O) groups is 1. The van der Waals surface area contributed by atoms with Gasteiger partial charge in [-0.25, -0.2) is 4.98 Å². The molecule has 0 N–H and O–H groups in total. The first kappa shape index (κ1) is 20.2. The summed E-state index contributed by atoms with van der Waals surface area (Å²) in [5.41, 5.74) is 0.470. The van der Waals surface area contributed by atoms with Crippen molar-refractivity contribution < 1.29 is 14.3 Å². The lowest BCUT2D eigenvalue weighted by atomic mass is 10.2. The van der Waals surface area contributed by atoms with E-state index in [9.17, 15) is 9.59 Å². The van der Waals surface area contributed by atoms with E-state index < -0.39 is 5.97 Å². The van der Waals surface area contributed by atoms with Crippen LogP contribution in [0.25, 0.3) is 10.9 Å². The normalized spacial score (nSPS) is 10.8. The largest absolute Gasteiger partial charge is 0.487 e. The molecule has 28 heavy (non-hydrogen) atoms. The molecule has 0 fully saturated rings. The molecule has 8 heteroatoms. The number of fused-ring (bicyclic) bond motifs is 1. The Balaban J connectivity index is 1.52. The fraction of sp³-hybridized carbons (Fsp3) is 0.250. The van der Waals surface area contributed by atoms with E-state index in [2.05, 4.69) is 4.98 Å². The Kier molecular flexibility index (Phi) is 6.54. The Hall–Kier alpha value is -2.57. The number of rotatable bonds is 7. The van der Waals surface area contributed by atoms with E-state index in [0.29, 0.717) is 38.9 Å². The van der Waals surface area contributed by atoms with Crippen LogP contribution in [-0.2, 0) is 23.0 Å². The number of esters is 1. The van der Waals surface area contributed by atoms with Crippen molar-refractivity contribution in [2.75, 3.05) is 13.2 Å². The molecule has 0 radical (unpaired) electrons. The molecule has 146 valence electrons. The first-order valence-corrected chi connectivity index (χ1v) is 9.40. The lowest BCUT2D eigenvalue weighted by molar-refractivity contribution is -0.144. The lowest BCUT2D eigenvalue weighted by Gasteiger charge is -2.11. The van der Waals surface area contributed by atoms with Gasteiger partial charge in [-0.2, -0.15) is 0 Å². The van der Waals surface area contributed by atoms with Crippen molar-refractivity contribution in [2.24, 2.45) is 7.05 Å². The van der Waals surface area contributed by atoms with Crippen LogP contribution in [0.3, 0.4) is 0 Å². The molecule has 0 saturated heterocycles. The highest BCUT2D eigenvalue weighted by Crippen LogP contribution is 2.32. The first-order valence-electron chi connectivity index (χ1n) is 8.64. The van der Waals surface area contributed by atoms with Gasteiger partial charge in [-0.15, -0.1) is 0 Å². The molecule has 0 aliphatic rings. The second kappa shape index (κ2) is 9.08. The molecule has 0 aliphatic heterocycles. The van der Waals surface area contributed by atoms with Crippen LogP contribution >= 0.6 is 23.2 Å². The van der Waals surface area contributed by atoms with Gasteiger partial charge >= 0.3 is 5.97 Å². The van der Waals surface area contributed by atoms with E-state index in [1.807, 2.05) is 6.07 Å². The predicted molar refractivity (Wildman–Crippen MR) is 108 cm³/mol. The van der Waals surface area contributed by atoms with Crippen molar-refractivity contribution in [1.29, 1.82) is 0 Å². The maximum absolute atomic E-state index is 12.4. The van der Waals surface area contributed by atoms with Gasteiger partial charge in [0.1, 0.15) is 19.0 Å². The minimum Gasteiger partial charge on any atom is -0.487 e. The van der Waals surface area contributed by atoms with Gasteiger partial charge in [-0.1, -0.05) is 41.4 Å². The molecule has 1 aromatic heterocycles. The van der Waals surface area contributed by atoms with E-state index in [-0.39, 0.29) is 25.2 Å². The van der Waals surface area contributed by atoms with E-state index in [4.69, 9.17) is 32.7 Å². The standard InChI is InChI=1S/C20H18Cl2N2O4/c1-24-17(23-16-8-3-2-5-13(16)20(24)26)9-10-18(25)27-11-12-28-19-14(21)6-4-7-15(19)22/h2-8H,9-12H2,1H3. The quantitative estimate of drug-likeness (QED) is 0.429. The summed E-state index contributed by atoms with van der Waals surface area (Å²) >= 11 is 12.0. The van der Waals surface area contributed by atoms with Gasteiger partial charge in [-0.3, -0.25) is 14.2 Å². The van der Waals surface area contributed by atoms with Gasteiger partial charge in [-0.05, 0) is 24.3 Å². The average Bonchev–Trinajstić information content (AvgIpc) is 2.68. The Labute approximate surface area is 171 Å². The van der Waals surface area contributed by atoms with Crippen molar-refractivity contribution in [3.8, 4) is 5.75 Å². The predicted octanol–water partition coefficient (Wildman–Crippen LogP) is 3.80. The topological polar surface area (TPSA) is 70.4 Å². The lowest BCUT2D eigenvalue weighted by Crippen LogP contribution is -2.23. The third kappa shape index (κ3) is 4.64. The van der Waals surface area contributed by atoms with Crippen LogP contribution in [0.15, 0.2) is 47.3 Å². The molecule has 0 atom stereocenters. The molecule has 1 heterocycles. The van der Waals surface area contributed by atoms with Gasteiger partial charge in [0.05, 0.1) is 27.4 Å². The van der Waals surface area contributed by atoms with E-state index in [1.54, 1.807) is 43.4 Å². The summed E-state index contributed by atoms with van der Waals surface area (Å²) in [7, 11) is 1.64. The van der Waals surface area contributed by atoms with E-state index in [1.165, 1.54) is 4.57 Å². The molecule has 6 nitrogen and oxygen atoms in total. The zero-order valence-corrected chi connectivity index (χ0v) is 16.7. The van der Waals surface area contributed by atoms with Crippen LogP contribution in [0.5, 0.6) is 5.75 Å². The number of nitrogens with zero attached hydrogens (tertiary/aromatic N) is 2. The van der Waals surface area contributed by atoms with Crippen LogP contribution in [0.2, 0.25) is 10.0 Å². The molecule has 0 bridgehead atoms. The Morgan fingerprint density at radius 3 is 2.54 bits per heavy atom. The Morgan fingerprint density at radius 2 is 1.79 bits per heavy atom. The molecule has 0 aliphatic carbocycles. The second-order valence-corrected chi connectivity index (χ2v) is 6.84. The summed E-state index contributed by atoms with van der Waals surface area (Å²) in [5.74, 6) is 0.480. The summed E-state index contributed by atoms with van der Waals surface area (Å²) in [4.78, 5) is 28.8. The summed E-state index contributed by atoms with van der Waals surface area (Å²) in [5, 5.41) is 1.33. The summed E-state index contributed by atoms with van der Waals surface area (Å²) < 4.78 is 12.1. The molecular formula is C20H18Cl2N2O4. The maximum atomic E-state index is 12.4. The van der Waals surface area contributed by atoms with Crippen molar-refractivity contribution in [3.05, 3.63) is 68.7 Å². The van der Waals surface area contributed by atoms with Gasteiger partial charge < -0.3 is 9.47 Å². The maximum Gasteiger partial charge on any atom is 0.306 e. The third-order valence-corrected chi connectivity index (χ3v) is 4.74. The molecule has 0 amide bonds. The van der Waals surface area contributed by atoms with Gasteiger partial charge in [0.2, 0.25) is 0 Å². The highest BCUT2D eigenvalue weighted by molar-refractivity contribution is 6.37. The smallest absolute Gasteiger partial charge is 0.306 e. The number of ether oxygens (including phenoxy) is 2. The van der Waals surface area contributed by atoms with Crippen molar-refractivity contribution in [2.45, 2.75) is 12.8 Å². The highest BCUT2D eigenvalue weighted by Gasteiger charge is 2.11. The highest BCUT2D eigenvalue weighted by atomic mass is 35.5. The summed E-state index contributed by atoms with van der Waals surface area (Å²) in [6.07, 6.45) is 0.401. The fourth-order valence-corrected chi connectivity index (χ4v) is 3.20. The molecular weight excluding hydrogens is 403 g/mol. The number of hydrogen-bond acceptors (Lipinski definition) is 5. The number of aryl methyl sites for hydroxylation is 1. The number of para-hydroxylation sites is 2. The number of benzene rings is 2. The zero-order chi connectivity index (χ0) is 20.1. The van der Waals surface area contributed by atoms with Gasteiger partial charge in [0.25, 0.3) is 5.56 Å². The van der Waals surface area contributed by atoms with Crippen molar-refractivity contribution in [3.63, 3.8) is 0 Å². The van der Waals surface area contributed by atoms with Crippen LogP contribution in [-0.4, -0.2) is 28.7 Å². The number of aromatic nitrogens is 2. The summed E-state index contributed by atoms with van der Waals surface area (Å²) in [6, 6.07) is 12.2.